The Morgan fingerprint density at radius 2 is 1.21 bits per heavy atom. The van der Waals surface area contributed by atoms with Crippen molar-refractivity contribution in [1.29, 1.82) is 0 Å². The summed E-state index contributed by atoms with van der Waals surface area (Å²) in [4.78, 5) is 0. The predicted molar refractivity (Wildman–Crippen MR) is 287 cm³/mol. The van der Waals surface area contributed by atoms with Crippen molar-refractivity contribution in [2.24, 2.45) is 46.3 Å². The molecule has 3 saturated carbocycles. The average molecular weight is 1280 g/mol. The van der Waals surface area contributed by atoms with Gasteiger partial charge in [0.25, 0.3) is 0 Å². The molecule has 0 amide bonds. The fourth-order valence-electron chi connectivity index (χ4n) is 16.3. The van der Waals surface area contributed by atoms with Crippen LogP contribution in [0.1, 0.15) is 107 Å². The van der Waals surface area contributed by atoms with E-state index in [1.807, 2.05) is 6.92 Å². The van der Waals surface area contributed by atoms with Crippen LogP contribution in [0.15, 0.2) is 11.6 Å². The second-order valence-electron chi connectivity index (χ2n) is 27.3. The van der Waals surface area contributed by atoms with Gasteiger partial charge in [-0.15, -0.1) is 0 Å². The molecule has 10 rings (SSSR count). The van der Waals surface area contributed by atoms with Crippen LogP contribution in [0.3, 0.4) is 0 Å². The molecule has 13 N–H and O–H groups in total. The number of ether oxygens (including phenoxy) is 11. The molecule has 1 unspecified atom stereocenters. The number of aliphatic hydroxyl groups excluding tert-OH is 12. The SMILES string of the molecule is CC(C)[C@H](C)[C@@H]1O[C@H]1[C@](C)(O)[C@H]1CC[C@H]2[C@@H]3C[C@H](O[C@@H]4O[C@H](CO)[C@@H](O)[C@H](O[C@@H]5O[C@H](C)[C@@H](O[C@@H]6OC[C@H](O)[C@H](O)[C@H]6O[C@@H]6O[C@H](C)[C@H](O)[C@H](O)[C@H]6O)[C@H](O)[C@H]5O[C@@H]5O[C@H](C)[C@@H](O)[C@H](O)[C@H]5O)[C@H]4O)C4C[C@@H](OS(=O)(=O)[O-])CC[C@]4(C)C3=CC[C@]12C.[Na+]. The summed E-state index contributed by atoms with van der Waals surface area (Å²) >= 11 is 0. The quantitative estimate of drug-likeness (QED) is 0.0212. The first-order valence-electron chi connectivity index (χ1n) is 30.5. The number of hydrogen-bond donors (Lipinski definition) is 13. The van der Waals surface area contributed by atoms with Crippen LogP contribution in [0.25, 0.3) is 0 Å². The topological polar surface area (TPSA) is 434 Å². The van der Waals surface area contributed by atoms with Crippen molar-refractivity contribution in [2.75, 3.05) is 13.2 Å². The van der Waals surface area contributed by atoms with E-state index in [4.69, 9.17) is 56.3 Å². The molecule has 6 heterocycles. The minimum Gasteiger partial charge on any atom is -0.726 e. The van der Waals surface area contributed by atoms with Gasteiger partial charge >= 0.3 is 29.6 Å². The minimum atomic E-state index is -5.14. The van der Waals surface area contributed by atoms with E-state index < -0.39 is 206 Å². The molecule has 28 nitrogen and oxygen atoms in total. The molecule has 0 aromatic heterocycles. The van der Waals surface area contributed by atoms with Crippen molar-refractivity contribution >= 4 is 10.4 Å². The molecule has 0 aromatic carbocycles. The van der Waals surface area contributed by atoms with E-state index in [9.17, 15) is 79.4 Å². The number of hydrogen-bond acceptors (Lipinski definition) is 28. The minimum absolute atomic E-state index is 0. The molecule has 9 fully saturated rings. The fraction of sp³-hybridized carbons (Fsp3) is 0.965. The van der Waals surface area contributed by atoms with E-state index in [0.717, 1.165) is 12.0 Å². The van der Waals surface area contributed by atoms with Gasteiger partial charge in [0, 0.05) is 0 Å². The van der Waals surface area contributed by atoms with E-state index in [1.54, 1.807) is 0 Å². The van der Waals surface area contributed by atoms with E-state index >= 15 is 0 Å². The van der Waals surface area contributed by atoms with Crippen LogP contribution in [0.5, 0.6) is 0 Å². The molecule has 6 saturated heterocycles. The van der Waals surface area contributed by atoms with Crippen LogP contribution in [-0.2, 0) is 66.7 Å². The van der Waals surface area contributed by atoms with Crippen LogP contribution in [0.2, 0.25) is 0 Å². The van der Waals surface area contributed by atoms with E-state index in [-0.39, 0.29) is 78.3 Å². The molecule has 4 aliphatic carbocycles. The van der Waals surface area contributed by atoms with Gasteiger partial charge in [0.15, 0.2) is 31.5 Å². The molecule has 10 aliphatic rings. The second-order valence-corrected chi connectivity index (χ2v) is 28.3. The van der Waals surface area contributed by atoms with Gasteiger partial charge in [-0.25, -0.2) is 8.42 Å². The summed E-state index contributed by atoms with van der Waals surface area (Å²) in [5.74, 6) is -0.270. The van der Waals surface area contributed by atoms with E-state index in [2.05, 4.69) is 40.7 Å². The van der Waals surface area contributed by atoms with Crippen LogP contribution in [0, 0.1) is 46.3 Å². The first-order chi connectivity index (χ1) is 40.2. The second kappa shape index (κ2) is 27.0. The van der Waals surface area contributed by atoms with Crippen molar-refractivity contribution in [1.82, 2.24) is 0 Å². The molecular weight excluding hydrogens is 1190 g/mol. The molecule has 496 valence electrons. The van der Waals surface area contributed by atoms with Gasteiger partial charge in [0.2, 0.25) is 10.4 Å². The molecule has 36 atom stereocenters. The van der Waals surface area contributed by atoms with Gasteiger partial charge in [-0.05, 0) is 119 Å². The Kier molecular flexibility index (Phi) is 22.1. The average Bonchev–Trinajstić information content (AvgIpc) is 1.67. The predicted octanol–water partition coefficient (Wildman–Crippen LogP) is -5.96. The van der Waals surface area contributed by atoms with Crippen molar-refractivity contribution in [3.63, 3.8) is 0 Å². The third kappa shape index (κ3) is 13.5. The van der Waals surface area contributed by atoms with Gasteiger partial charge in [-0.2, -0.15) is 0 Å². The summed E-state index contributed by atoms with van der Waals surface area (Å²) in [6.07, 6.45) is -37.9. The molecule has 87 heavy (non-hydrogen) atoms. The molecule has 0 spiro atoms. The Bertz CT molecular complexity index is 2470. The Morgan fingerprint density at radius 1 is 0.644 bits per heavy atom. The largest absolute Gasteiger partial charge is 1.00 e. The number of allylic oxidation sites excluding steroid dienone is 2. The first kappa shape index (κ1) is 71.0. The van der Waals surface area contributed by atoms with Gasteiger partial charge in [-0.3, -0.25) is 4.18 Å². The summed E-state index contributed by atoms with van der Waals surface area (Å²) in [7, 11) is -5.14. The van der Waals surface area contributed by atoms with Crippen molar-refractivity contribution in [2.45, 2.75) is 285 Å². The number of aliphatic hydroxyl groups is 13. The van der Waals surface area contributed by atoms with Gasteiger partial charge in [-0.1, -0.05) is 46.3 Å². The maximum Gasteiger partial charge on any atom is 1.00 e. The monoisotopic (exact) mass is 1280 g/mol. The summed E-state index contributed by atoms with van der Waals surface area (Å²) in [6, 6.07) is 0. The summed E-state index contributed by atoms with van der Waals surface area (Å²) in [5, 5.41) is 146. The van der Waals surface area contributed by atoms with Crippen molar-refractivity contribution < 1.29 is 165 Å². The third-order valence-electron chi connectivity index (χ3n) is 21.7. The van der Waals surface area contributed by atoms with E-state index in [0.29, 0.717) is 31.6 Å². The Morgan fingerprint density at radius 3 is 1.79 bits per heavy atom. The number of fused-ring (bicyclic) bond motifs is 5. The van der Waals surface area contributed by atoms with Crippen LogP contribution < -0.4 is 29.6 Å². The molecule has 30 heteroatoms. The fourth-order valence-corrected chi connectivity index (χ4v) is 16.8. The number of epoxide rings is 1. The maximum atomic E-state index is 12.5. The molecule has 0 aromatic rings. The smallest absolute Gasteiger partial charge is 0.726 e. The van der Waals surface area contributed by atoms with Crippen molar-refractivity contribution in [3.8, 4) is 0 Å². The molecule has 0 bridgehead atoms. The standard InChI is InChI=1S/C57H94O28S.Na/c1-20(2)21(3)44-49(80-44)57(9,70)33-11-10-27-26-17-31(29-16-25(85-86(71,72)73)12-14-55(29,7)28(26)13-15-56(27,33)8)78-52-43(69)46(37(63)32(18-58)79-52)82-54-48(84-51-41(67)39(65)35(61)23(5)76-51)42(68)45(24(6)77-54)81-53-47(36(62)30(59)19-74-53)83-50-40(66)38(64)34(60)22(4)75-50;/h13,20-27,29-54,58-70H,10-12,14-19H2,1-9H3,(H,71,72,73);/q;+1/p-1/t21-,22+,23+,24+,25-,26-,27-,29?,30-,31-,32+,33-,34-,35+,36-,37+,38-,39-,40+,41+,42-,43+,44-,45+,46-,47+,48+,49+,50-,51-,52+,53-,54-,55+,56-,57+;/m0./s1. The van der Waals surface area contributed by atoms with Crippen LogP contribution >= 0.6 is 0 Å². The molecule has 6 aliphatic heterocycles. The van der Waals surface area contributed by atoms with Crippen LogP contribution in [0.4, 0.5) is 0 Å². The molecule has 0 radical (unpaired) electrons. The Hall–Kier alpha value is -0.350. The van der Waals surface area contributed by atoms with Gasteiger partial charge in [0.1, 0.15) is 104 Å². The maximum absolute atomic E-state index is 12.5. The van der Waals surface area contributed by atoms with Gasteiger partial charge in [0.05, 0.1) is 55.4 Å². The van der Waals surface area contributed by atoms with Gasteiger partial charge < -0.3 is 123 Å². The summed E-state index contributed by atoms with van der Waals surface area (Å²) < 4.78 is 109. The van der Waals surface area contributed by atoms with Crippen molar-refractivity contribution in [3.05, 3.63) is 11.6 Å². The zero-order chi connectivity index (χ0) is 62.8. The normalized spacial score (nSPS) is 53.0. The Labute approximate surface area is 528 Å². The third-order valence-corrected chi connectivity index (χ3v) is 22.2. The zero-order valence-corrected chi connectivity index (χ0v) is 53.7. The summed E-state index contributed by atoms with van der Waals surface area (Å²) in [5.41, 5.74) is -1.09. The first-order valence-corrected chi connectivity index (χ1v) is 31.9. The van der Waals surface area contributed by atoms with E-state index in [1.165, 1.54) is 20.8 Å². The van der Waals surface area contributed by atoms with Crippen LogP contribution in [-0.4, -0.2) is 270 Å². The Balaban J connectivity index is 0.00000902. The zero-order valence-electron chi connectivity index (χ0n) is 50.9. The molecular formula is C57H93NaO28S. The summed E-state index contributed by atoms with van der Waals surface area (Å²) in [6.45, 7) is 15.3. The number of rotatable bonds is 17.